The second kappa shape index (κ2) is 18.4. The molecule has 0 saturated carbocycles. The average Bonchev–Trinajstić information content (AvgIpc) is 3.21. The van der Waals surface area contributed by atoms with Crippen LogP contribution >= 0.6 is 0 Å². The van der Waals surface area contributed by atoms with Gasteiger partial charge in [0.25, 0.3) is 23.6 Å². The van der Waals surface area contributed by atoms with Gasteiger partial charge in [0.05, 0.1) is 43.6 Å². The molecule has 0 fully saturated rings. The maximum absolute atomic E-state index is 13.2. The van der Waals surface area contributed by atoms with Gasteiger partial charge >= 0.3 is 5.97 Å². The summed E-state index contributed by atoms with van der Waals surface area (Å²) in [6.45, 7) is 0. The van der Waals surface area contributed by atoms with E-state index in [-0.39, 0.29) is 57.4 Å². The number of amides is 5. The zero-order valence-electron chi connectivity index (χ0n) is 31.0. The van der Waals surface area contributed by atoms with Gasteiger partial charge in [-0.3, -0.25) is 24.0 Å². The smallest absolute Gasteiger partial charge is 0.339 e. The third-order valence-electron chi connectivity index (χ3n) is 8.51. The number of hydrogen-bond donors (Lipinski definition) is 9. The van der Waals surface area contributed by atoms with Gasteiger partial charge in [-0.25, -0.2) is 4.79 Å². The molecule has 5 aromatic rings. The van der Waals surface area contributed by atoms with Crippen LogP contribution in [0.15, 0.2) is 97.1 Å². The molecule has 0 aliphatic carbocycles. The molecule has 0 heterocycles. The number of methoxy groups -OCH3 is 2. The molecule has 0 saturated heterocycles. The van der Waals surface area contributed by atoms with Gasteiger partial charge < -0.3 is 56.5 Å². The van der Waals surface area contributed by atoms with Crippen LogP contribution in [-0.4, -0.2) is 76.2 Å². The summed E-state index contributed by atoms with van der Waals surface area (Å²) in [4.78, 5) is 76.1. The third-order valence-corrected chi connectivity index (χ3v) is 8.51. The van der Waals surface area contributed by atoms with Crippen LogP contribution in [0.25, 0.3) is 0 Å². The molecule has 18 nitrogen and oxygen atoms in total. The summed E-state index contributed by atoms with van der Waals surface area (Å²) >= 11 is 0. The highest BCUT2D eigenvalue weighted by Crippen LogP contribution is 2.40. The molecular formula is C41H34N6O12. The molecule has 1 atom stereocenters. The van der Waals surface area contributed by atoms with Crippen molar-refractivity contribution in [3.05, 3.63) is 125 Å². The number of phenolic OH excluding ortho intramolecular Hbond substituents is 2. The van der Waals surface area contributed by atoms with E-state index < -0.39 is 58.6 Å². The molecule has 0 aromatic heterocycles. The first-order valence-electron chi connectivity index (χ1n) is 17.2. The van der Waals surface area contributed by atoms with Gasteiger partial charge in [0.2, 0.25) is 5.91 Å². The summed E-state index contributed by atoms with van der Waals surface area (Å²) in [6, 6.07) is 22.3. The summed E-state index contributed by atoms with van der Waals surface area (Å²) in [6.07, 6.45) is -0.369. The molecular weight excluding hydrogens is 768 g/mol. The number of hydrogen-bond acceptors (Lipinski definition) is 12. The monoisotopic (exact) mass is 802 g/mol. The number of anilines is 4. The lowest BCUT2D eigenvalue weighted by atomic mass is 10.1. The summed E-state index contributed by atoms with van der Waals surface area (Å²) in [5, 5.41) is 61.9. The molecule has 9 N–H and O–H groups in total. The highest BCUT2D eigenvalue weighted by atomic mass is 16.5. The molecule has 18 heteroatoms. The van der Waals surface area contributed by atoms with Crippen LogP contribution in [0.2, 0.25) is 0 Å². The van der Waals surface area contributed by atoms with Crippen molar-refractivity contribution in [3.63, 3.8) is 0 Å². The number of carboxylic acid groups (broad SMARTS) is 1. The van der Waals surface area contributed by atoms with Crippen molar-refractivity contribution in [3.8, 4) is 34.8 Å². The number of aromatic hydroxyl groups is 3. The maximum atomic E-state index is 13.2. The molecule has 0 spiro atoms. The van der Waals surface area contributed by atoms with Gasteiger partial charge in [0, 0.05) is 28.1 Å². The van der Waals surface area contributed by atoms with Gasteiger partial charge in [-0.1, -0.05) is 0 Å². The molecule has 300 valence electrons. The summed E-state index contributed by atoms with van der Waals surface area (Å²) in [7, 11) is 2.35. The number of benzene rings is 5. The van der Waals surface area contributed by atoms with E-state index in [9.17, 15) is 54.5 Å². The number of phenols is 3. The van der Waals surface area contributed by atoms with Gasteiger partial charge in [-0.05, 0) is 97.1 Å². The molecule has 0 aliphatic rings. The first-order chi connectivity index (χ1) is 28.2. The number of nitriles is 1. The van der Waals surface area contributed by atoms with Crippen molar-refractivity contribution >= 4 is 58.3 Å². The summed E-state index contributed by atoms with van der Waals surface area (Å²) in [5.41, 5.74) is 0.279. The van der Waals surface area contributed by atoms with Crippen molar-refractivity contribution in [1.29, 1.82) is 5.26 Å². The van der Waals surface area contributed by atoms with E-state index in [2.05, 4.69) is 26.6 Å². The fourth-order valence-corrected chi connectivity index (χ4v) is 5.49. The Balaban J connectivity index is 1.19. The average molecular weight is 803 g/mol. The fraction of sp³-hybridized carbons (Fsp3) is 0.0976. The molecule has 5 aromatic carbocycles. The first-order valence-corrected chi connectivity index (χ1v) is 17.2. The van der Waals surface area contributed by atoms with Crippen LogP contribution in [0, 0.1) is 11.3 Å². The highest BCUT2D eigenvalue weighted by Gasteiger charge is 2.25. The molecule has 5 amide bonds. The Kier molecular flexibility index (Phi) is 12.9. The lowest BCUT2D eigenvalue weighted by molar-refractivity contribution is -0.117. The Labute approximate surface area is 334 Å². The Bertz CT molecular complexity index is 2480. The molecule has 0 bridgehead atoms. The Morgan fingerprint density at radius 1 is 0.576 bits per heavy atom. The SMILES string of the molecule is COc1c(NC(=O)c2ccc(NC(=O)c3ccc(NC(=O)C(CC#N)NC(=O)c4ccc(NC(=O)c5ccc(O)cc5)cc4)cc3)c(OC)c2O)ccc(C(=O)O)c1O. The molecule has 1 unspecified atom stereocenters. The molecule has 59 heavy (non-hydrogen) atoms. The Morgan fingerprint density at radius 2 is 1.02 bits per heavy atom. The van der Waals surface area contributed by atoms with Crippen LogP contribution in [-0.2, 0) is 4.79 Å². The summed E-state index contributed by atoms with van der Waals surface area (Å²) < 4.78 is 10.3. The first kappa shape index (κ1) is 41.6. The van der Waals surface area contributed by atoms with Crippen molar-refractivity contribution in [2.24, 2.45) is 0 Å². The molecule has 5 rings (SSSR count). The normalized spacial score (nSPS) is 10.9. The van der Waals surface area contributed by atoms with E-state index in [0.717, 1.165) is 13.2 Å². The van der Waals surface area contributed by atoms with Crippen LogP contribution < -0.4 is 36.1 Å². The van der Waals surface area contributed by atoms with Gasteiger partial charge in [-0.2, -0.15) is 5.26 Å². The number of nitrogens with zero attached hydrogens (tertiary/aromatic N) is 1. The van der Waals surface area contributed by atoms with Crippen LogP contribution in [0.1, 0.15) is 58.2 Å². The zero-order valence-corrected chi connectivity index (χ0v) is 31.0. The summed E-state index contributed by atoms with van der Waals surface area (Å²) in [5.74, 6) is -6.77. The Morgan fingerprint density at radius 3 is 1.53 bits per heavy atom. The van der Waals surface area contributed by atoms with E-state index in [4.69, 9.17) is 9.47 Å². The highest BCUT2D eigenvalue weighted by molar-refractivity contribution is 6.10. The van der Waals surface area contributed by atoms with E-state index in [1.165, 1.54) is 98.1 Å². The van der Waals surface area contributed by atoms with E-state index in [1.807, 2.05) is 6.07 Å². The quantitative estimate of drug-likeness (QED) is 0.0721. The lowest BCUT2D eigenvalue weighted by Gasteiger charge is -2.17. The standard InChI is InChI=1S/C41H34N6O12/c1-58-34-29(17-15-27(32(34)49)39(54)46-30-18-16-28(41(56)57)33(50)35(30)59-2)45-37(52)21-5-11-25(12-6-21)44-40(55)31(19-20-42)47-38(53)22-3-9-24(10-4-22)43-36(51)23-7-13-26(48)14-8-23/h3-18,31,48-50H,19H2,1-2H3,(H,43,51)(H,44,55)(H,45,52)(H,46,54)(H,47,53)(H,56,57). The maximum Gasteiger partial charge on any atom is 0.339 e. The largest absolute Gasteiger partial charge is 0.508 e. The predicted molar refractivity (Wildman–Crippen MR) is 211 cm³/mol. The van der Waals surface area contributed by atoms with Crippen LogP contribution in [0.4, 0.5) is 22.7 Å². The van der Waals surface area contributed by atoms with Crippen LogP contribution in [0.3, 0.4) is 0 Å². The minimum absolute atomic E-state index is 0.00941. The lowest BCUT2D eigenvalue weighted by Crippen LogP contribution is -2.43. The topological polar surface area (TPSA) is 286 Å². The van der Waals surface area contributed by atoms with Gasteiger partial charge in [0.15, 0.2) is 23.0 Å². The van der Waals surface area contributed by atoms with Crippen molar-refractivity contribution in [1.82, 2.24) is 5.32 Å². The number of aromatic carboxylic acids is 1. The van der Waals surface area contributed by atoms with E-state index in [1.54, 1.807) is 0 Å². The number of carbonyl (C=O) groups excluding carboxylic acids is 5. The number of nitrogens with one attached hydrogen (secondary N) is 5. The molecule has 0 aliphatic heterocycles. The minimum atomic E-state index is -1.43. The van der Waals surface area contributed by atoms with E-state index >= 15 is 0 Å². The Hall–Kier alpha value is -8.59. The minimum Gasteiger partial charge on any atom is -0.508 e. The predicted octanol–water partition coefficient (Wildman–Crippen LogP) is 4.93. The second-order valence-corrected chi connectivity index (χ2v) is 12.3. The number of ether oxygens (including phenoxy) is 2. The van der Waals surface area contributed by atoms with Gasteiger partial charge in [0.1, 0.15) is 17.4 Å². The van der Waals surface area contributed by atoms with Crippen LogP contribution in [0.5, 0.6) is 28.7 Å². The zero-order chi connectivity index (χ0) is 42.8. The number of rotatable bonds is 14. The van der Waals surface area contributed by atoms with Crippen molar-refractivity contribution in [2.45, 2.75) is 12.5 Å². The number of carboxylic acids is 1. The van der Waals surface area contributed by atoms with Crippen molar-refractivity contribution in [2.75, 3.05) is 35.5 Å². The molecule has 0 radical (unpaired) electrons. The van der Waals surface area contributed by atoms with Crippen molar-refractivity contribution < 1.29 is 58.7 Å². The van der Waals surface area contributed by atoms with Gasteiger partial charge in [-0.15, -0.1) is 0 Å². The third kappa shape index (κ3) is 9.81. The number of carbonyl (C=O) groups is 6. The second-order valence-electron chi connectivity index (χ2n) is 12.3. The fourth-order valence-electron chi connectivity index (χ4n) is 5.49. The van der Waals surface area contributed by atoms with E-state index in [0.29, 0.717) is 11.3 Å².